The number of hydrogen-bond donors (Lipinski definition) is 2. The number of benzene rings is 1. The van der Waals surface area contributed by atoms with Gasteiger partial charge >= 0.3 is 0 Å². The molecule has 3 N–H and O–H groups in total. The van der Waals surface area contributed by atoms with E-state index < -0.39 is 0 Å². The highest BCUT2D eigenvalue weighted by Gasteiger charge is 1.97. The lowest BCUT2D eigenvalue weighted by Crippen LogP contribution is -1.94. The highest BCUT2D eigenvalue weighted by molar-refractivity contribution is 5.62. The molecule has 0 atom stereocenters. The highest BCUT2D eigenvalue weighted by atomic mass is 16.5. The van der Waals surface area contributed by atoms with E-state index in [1.54, 1.807) is 12.4 Å². The summed E-state index contributed by atoms with van der Waals surface area (Å²) in [5.74, 6) is 0.865. The Hall–Kier alpha value is -2.23. The second-order valence-electron chi connectivity index (χ2n) is 3.59. The van der Waals surface area contributed by atoms with E-state index in [2.05, 4.69) is 10.3 Å². The van der Waals surface area contributed by atoms with Gasteiger partial charge in [-0.05, 0) is 37.3 Å². The number of hydrogen-bond acceptors (Lipinski definition) is 4. The highest BCUT2D eigenvalue weighted by Crippen LogP contribution is 2.20. The molecule has 0 radical (unpaired) electrons. The van der Waals surface area contributed by atoms with Crippen LogP contribution in [0.3, 0.4) is 0 Å². The first-order valence-electron chi connectivity index (χ1n) is 5.48. The van der Waals surface area contributed by atoms with E-state index in [9.17, 15) is 0 Å². The van der Waals surface area contributed by atoms with E-state index in [-0.39, 0.29) is 0 Å². The van der Waals surface area contributed by atoms with Crippen LogP contribution in [-0.4, -0.2) is 11.6 Å². The van der Waals surface area contributed by atoms with Crippen LogP contribution in [0.2, 0.25) is 0 Å². The van der Waals surface area contributed by atoms with Gasteiger partial charge in [-0.2, -0.15) is 0 Å². The average Bonchev–Trinajstić information content (AvgIpc) is 2.32. The fraction of sp³-hybridized carbons (Fsp3) is 0.154. The third-order valence-corrected chi connectivity index (χ3v) is 2.21. The maximum atomic E-state index is 5.65. The number of pyridine rings is 1. The normalized spacial score (nSPS) is 9.94. The van der Waals surface area contributed by atoms with Crippen LogP contribution in [-0.2, 0) is 0 Å². The van der Waals surface area contributed by atoms with E-state index in [0.717, 1.165) is 17.1 Å². The molecule has 1 aromatic carbocycles. The number of nitrogens with two attached hydrogens (primary N) is 1. The number of ether oxygens (including phenoxy) is 1. The van der Waals surface area contributed by atoms with Crippen LogP contribution in [0, 0.1) is 0 Å². The Morgan fingerprint density at radius 3 is 2.59 bits per heavy atom. The first kappa shape index (κ1) is 11.3. The van der Waals surface area contributed by atoms with Crippen molar-refractivity contribution in [3.8, 4) is 5.75 Å². The molecule has 0 fully saturated rings. The minimum atomic E-state index is 0.640. The Morgan fingerprint density at radius 1 is 1.18 bits per heavy atom. The molecule has 1 heterocycles. The molecule has 0 unspecified atom stereocenters. The van der Waals surface area contributed by atoms with Crippen LogP contribution in [0.4, 0.5) is 17.1 Å². The topological polar surface area (TPSA) is 60.2 Å². The van der Waals surface area contributed by atoms with Gasteiger partial charge in [-0.3, -0.25) is 4.98 Å². The number of nitrogens with one attached hydrogen (secondary N) is 1. The molecule has 0 bridgehead atoms. The van der Waals surface area contributed by atoms with Crippen LogP contribution < -0.4 is 15.8 Å². The van der Waals surface area contributed by atoms with Crippen molar-refractivity contribution in [3.05, 3.63) is 42.7 Å². The summed E-state index contributed by atoms with van der Waals surface area (Å²) in [6, 6.07) is 9.59. The van der Waals surface area contributed by atoms with Crippen LogP contribution >= 0.6 is 0 Å². The monoisotopic (exact) mass is 229 g/mol. The Kier molecular flexibility index (Phi) is 3.45. The molecule has 2 aromatic rings. The van der Waals surface area contributed by atoms with E-state index in [0.29, 0.717) is 12.3 Å². The molecule has 0 aliphatic heterocycles. The van der Waals surface area contributed by atoms with Crippen molar-refractivity contribution in [3.63, 3.8) is 0 Å². The SMILES string of the molecule is CCOc1ccc(Nc2cncc(N)c2)cc1. The van der Waals surface area contributed by atoms with E-state index in [4.69, 9.17) is 10.5 Å². The van der Waals surface area contributed by atoms with Crippen molar-refractivity contribution in [1.29, 1.82) is 0 Å². The molecule has 17 heavy (non-hydrogen) atoms. The second-order valence-corrected chi connectivity index (χ2v) is 3.59. The van der Waals surface area contributed by atoms with E-state index in [1.165, 1.54) is 0 Å². The first-order chi connectivity index (χ1) is 8.28. The Balaban J connectivity index is 2.08. The molecule has 88 valence electrons. The predicted molar refractivity (Wildman–Crippen MR) is 69.5 cm³/mol. The van der Waals surface area contributed by atoms with E-state index in [1.807, 2.05) is 37.3 Å². The molecule has 2 rings (SSSR count). The molecule has 0 aliphatic carbocycles. The lowest BCUT2D eigenvalue weighted by Gasteiger charge is -2.08. The number of nitrogen functional groups attached to an aromatic ring is 1. The zero-order valence-electron chi connectivity index (χ0n) is 9.68. The zero-order chi connectivity index (χ0) is 12.1. The van der Waals surface area contributed by atoms with Crippen molar-refractivity contribution < 1.29 is 4.74 Å². The van der Waals surface area contributed by atoms with Crippen LogP contribution in [0.15, 0.2) is 42.7 Å². The van der Waals surface area contributed by atoms with Crippen molar-refractivity contribution >= 4 is 17.1 Å². The van der Waals surface area contributed by atoms with Crippen molar-refractivity contribution in [1.82, 2.24) is 4.98 Å². The molecule has 0 spiro atoms. The smallest absolute Gasteiger partial charge is 0.119 e. The summed E-state index contributed by atoms with van der Waals surface area (Å²) in [6.45, 7) is 2.64. The summed E-state index contributed by atoms with van der Waals surface area (Å²) in [4.78, 5) is 4.02. The third-order valence-electron chi connectivity index (χ3n) is 2.21. The number of anilines is 3. The van der Waals surface area contributed by atoms with Gasteiger partial charge in [0.15, 0.2) is 0 Å². The molecule has 0 saturated heterocycles. The molecule has 0 amide bonds. The number of nitrogens with zero attached hydrogens (tertiary/aromatic N) is 1. The van der Waals surface area contributed by atoms with Gasteiger partial charge in [0.05, 0.1) is 24.2 Å². The minimum Gasteiger partial charge on any atom is -0.494 e. The Labute approximate surface area is 100 Å². The molecule has 0 saturated carbocycles. The quantitative estimate of drug-likeness (QED) is 0.846. The molecular formula is C13H15N3O. The van der Waals surface area contributed by atoms with Gasteiger partial charge in [0, 0.05) is 11.9 Å². The molecule has 4 heteroatoms. The van der Waals surface area contributed by atoms with Gasteiger partial charge < -0.3 is 15.8 Å². The molecule has 4 nitrogen and oxygen atoms in total. The van der Waals surface area contributed by atoms with Crippen molar-refractivity contribution in [2.24, 2.45) is 0 Å². The van der Waals surface area contributed by atoms with Gasteiger partial charge in [-0.15, -0.1) is 0 Å². The summed E-state index contributed by atoms with van der Waals surface area (Å²) < 4.78 is 5.37. The fourth-order valence-electron chi connectivity index (χ4n) is 1.49. The van der Waals surface area contributed by atoms with Gasteiger partial charge in [0.1, 0.15) is 5.75 Å². The summed E-state index contributed by atoms with van der Waals surface area (Å²) in [5, 5.41) is 3.22. The summed E-state index contributed by atoms with van der Waals surface area (Å²) in [6.07, 6.45) is 3.34. The average molecular weight is 229 g/mol. The number of aromatic nitrogens is 1. The lowest BCUT2D eigenvalue weighted by molar-refractivity contribution is 0.340. The Morgan fingerprint density at radius 2 is 1.94 bits per heavy atom. The van der Waals surface area contributed by atoms with Gasteiger partial charge in [-0.1, -0.05) is 0 Å². The van der Waals surface area contributed by atoms with Gasteiger partial charge in [0.25, 0.3) is 0 Å². The summed E-state index contributed by atoms with van der Waals surface area (Å²) >= 11 is 0. The number of rotatable bonds is 4. The Bertz CT molecular complexity index is 482. The minimum absolute atomic E-state index is 0.640. The van der Waals surface area contributed by atoms with Crippen LogP contribution in [0.25, 0.3) is 0 Å². The standard InChI is InChI=1S/C13H15N3O/c1-2-17-13-5-3-11(4-6-13)16-12-7-10(14)8-15-9-12/h3-9,16H,2,14H2,1H3. The van der Waals surface area contributed by atoms with Crippen molar-refractivity contribution in [2.75, 3.05) is 17.7 Å². The molecule has 1 aromatic heterocycles. The van der Waals surface area contributed by atoms with Crippen LogP contribution in [0.1, 0.15) is 6.92 Å². The maximum absolute atomic E-state index is 5.65. The fourth-order valence-corrected chi connectivity index (χ4v) is 1.49. The predicted octanol–water partition coefficient (Wildman–Crippen LogP) is 2.81. The second kappa shape index (κ2) is 5.21. The van der Waals surface area contributed by atoms with Crippen LogP contribution in [0.5, 0.6) is 5.75 Å². The van der Waals surface area contributed by atoms with Gasteiger partial charge in [-0.25, -0.2) is 0 Å². The maximum Gasteiger partial charge on any atom is 0.119 e. The summed E-state index contributed by atoms with van der Waals surface area (Å²) in [7, 11) is 0. The first-order valence-corrected chi connectivity index (χ1v) is 5.48. The zero-order valence-corrected chi connectivity index (χ0v) is 9.68. The lowest BCUT2D eigenvalue weighted by atomic mass is 10.3. The van der Waals surface area contributed by atoms with Gasteiger partial charge in [0.2, 0.25) is 0 Å². The molecular weight excluding hydrogens is 214 g/mol. The van der Waals surface area contributed by atoms with Crippen molar-refractivity contribution in [2.45, 2.75) is 6.92 Å². The largest absolute Gasteiger partial charge is 0.494 e. The molecule has 0 aliphatic rings. The third kappa shape index (κ3) is 3.11. The summed E-state index contributed by atoms with van der Waals surface area (Å²) in [5.41, 5.74) is 8.14. The van der Waals surface area contributed by atoms with E-state index >= 15 is 0 Å².